The number of rotatable bonds is 4. The van der Waals surface area contributed by atoms with Crippen molar-refractivity contribution in [1.29, 1.82) is 0 Å². The minimum Gasteiger partial charge on any atom is -0.444 e. The molecule has 0 aromatic carbocycles. The summed E-state index contributed by atoms with van der Waals surface area (Å²) in [6.45, 7) is 9.58. The third-order valence-corrected chi connectivity index (χ3v) is 3.24. The first-order chi connectivity index (χ1) is 9.81. The Kier molecular flexibility index (Phi) is 6.78. The van der Waals surface area contributed by atoms with E-state index in [1.165, 1.54) is 0 Å². The molecule has 21 heavy (non-hydrogen) atoms. The summed E-state index contributed by atoms with van der Waals surface area (Å²) in [6.07, 6.45) is 3.39. The molecule has 0 aromatic rings. The van der Waals surface area contributed by atoms with Gasteiger partial charge in [-0.15, -0.1) is 0 Å². The van der Waals surface area contributed by atoms with Gasteiger partial charge in [-0.05, 0) is 40.0 Å². The number of unbranched alkanes of at least 4 members (excludes halogenated alkanes) is 1. The Hall–Kier alpha value is -1.46. The lowest BCUT2D eigenvalue weighted by molar-refractivity contribution is 0.0479. The third-order valence-electron chi connectivity index (χ3n) is 3.24. The maximum absolute atomic E-state index is 12.0. The number of carbonyl (C=O) groups is 2. The Morgan fingerprint density at radius 1 is 1.33 bits per heavy atom. The van der Waals surface area contributed by atoms with Crippen LogP contribution >= 0.6 is 0 Å². The van der Waals surface area contributed by atoms with Gasteiger partial charge in [0.15, 0.2) is 0 Å². The summed E-state index contributed by atoms with van der Waals surface area (Å²) in [5.41, 5.74) is -0.504. The molecule has 1 fully saturated rings. The molecule has 0 radical (unpaired) electrons. The minimum absolute atomic E-state index is 0.0366. The number of alkyl carbamates (subject to hydrolysis) is 1. The largest absolute Gasteiger partial charge is 0.444 e. The Morgan fingerprint density at radius 3 is 2.67 bits per heavy atom. The highest BCUT2D eigenvalue weighted by Gasteiger charge is 2.26. The summed E-state index contributed by atoms with van der Waals surface area (Å²) in [6, 6.07) is -0.0790. The SMILES string of the molecule is CCCCNC(=O)N1CCCC(NC(=O)OC(C)(C)C)C1. The summed E-state index contributed by atoms with van der Waals surface area (Å²) in [7, 11) is 0. The van der Waals surface area contributed by atoms with E-state index in [-0.39, 0.29) is 12.1 Å². The van der Waals surface area contributed by atoms with Gasteiger partial charge in [0.05, 0.1) is 0 Å². The van der Waals surface area contributed by atoms with Gasteiger partial charge in [0, 0.05) is 25.7 Å². The molecule has 1 aliphatic rings. The van der Waals surface area contributed by atoms with Crippen molar-refractivity contribution in [3.05, 3.63) is 0 Å². The Bertz CT molecular complexity index is 353. The van der Waals surface area contributed by atoms with Crippen LogP contribution in [0.2, 0.25) is 0 Å². The molecule has 1 rings (SSSR count). The maximum Gasteiger partial charge on any atom is 0.407 e. The van der Waals surface area contributed by atoms with E-state index < -0.39 is 11.7 Å². The molecule has 1 heterocycles. The Labute approximate surface area is 127 Å². The van der Waals surface area contributed by atoms with Crippen LogP contribution in [-0.4, -0.2) is 48.3 Å². The van der Waals surface area contributed by atoms with Gasteiger partial charge in [-0.1, -0.05) is 13.3 Å². The van der Waals surface area contributed by atoms with Crippen LogP contribution in [0.25, 0.3) is 0 Å². The molecule has 0 bridgehead atoms. The number of likely N-dealkylation sites (tertiary alicyclic amines) is 1. The number of piperidine rings is 1. The monoisotopic (exact) mass is 299 g/mol. The molecule has 122 valence electrons. The number of amides is 3. The number of nitrogens with one attached hydrogen (secondary N) is 2. The van der Waals surface area contributed by atoms with Gasteiger partial charge in [0.1, 0.15) is 5.60 Å². The normalized spacial score (nSPS) is 19.0. The third kappa shape index (κ3) is 7.20. The molecule has 0 spiro atoms. The molecule has 0 saturated carbocycles. The van der Waals surface area contributed by atoms with Crippen molar-refractivity contribution >= 4 is 12.1 Å². The molecule has 6 nitrogen and oxygen atoms in total. The lowest BCUT2D eigenvalue weighted by Gasteiger charge is -2.33. The van der Waals surface area contributed by atoms with Crippen molar-refractivity contribution in [3.63, 3.8) is 0 Å². The van der Waals surface area contributed by atoms with Crippen molar-refractivity contribution in [2.75, 3.05) is 19.6 Å². The van der Waals surface area contributed by atoms with Gasteiger partial charge < -0.3 is 20.3 Å². The average Bonchev–Trinajstić information content (AvgIpc) is 2.36. The number of carbonyl (C=O) groups excluding carboxylic acids is 2. The van der Waals surface area contributed by atoms with Crippen LogP contribution in [0.4, 0.5) is 9.59 Å². The van der Waals surface area contributed by atoms with Crippen molar-refractivity contribution in [2.24, 2.45) is 0 Å². The second kappa shape index (κ2) is 8.10. The van der Waals surface area contributed by atoms with Gasteiger partial charge >= 0.3 is 12.1 Å². The van der Waals surface area contributed by atoms with Crippen LogP contribution in [0, 0.1) is 0 Å². The highest BCUT2D eigenvalue weighted by Crippen LogP contribution is 2.12. The molecule has 0 aliphatic carbocycles. The summed E-state index contributed by atoms with van der Waals surface area (Å²) in [4.78, 5) is 25.5. The highest BCUT2D eigenvalue weighted by atomic mass is 16.6. The van der Waals surface area contributed by atoms with Gasteiger partial charge in [0.2, 0.25) is 0 Å². The summed E-state index contributed by atoms with van der Waals surface area (Å²) in [5, 5.41) is 5.75. The van der Waals surface area contributed by atoms with Gasteiger partial charge in [0.25, 0.3) is 0 Å². The predicted octanol–water partition coefficient (Wildman–Crippen LogP) is 2.49. The van der Waals surface area contributed by atoms with E-state index in [0.29, 0.717) is 13.1 Å². The molecular weight excluding hydrogens is 270 g/mol. The van der Waals surface area contributed by atoms with Crippen LogP contribution in [-0.2, 0) is 4.74 Å². The van der Waals surface area contributed by atoms with E-state index in [1.807, 2.05) is 20.8 Å². The Morgan fingerprint density at radius 2 is 2.05 bits per heavy atom. The zero-order valence-electron chi connectivity index (χ0n) is 13.7. The van der Waals surface area contributed by atoms with Crippen molar-refractivity contribution < 1.29 is 14.3 Å². The van der Waals surface area contributed by atoms with E-state index in [1.54, 1.807) is 4.90 Å². The average molecular weight is 299 g/mol. The first kappa shape index (κ1) is 17.6. The molecule has 1 unspecified atom stereocenters. The number of urea groups is 1. The molecule has 1 aliphatic heterocycles. The fraction of sp³-hybridized carbons (Fsp3) is 0.867. The van der Waals surface area contributed by atoms with Gasteiger partial charge in [-0.3, -0.25) is 0 Å². The van der Waals surface area contributed by atoms with Gasteiger partial charge in [-0.2, -0.15) is 0 Å². The van der Waals surface area contributed by atoms with E-state index in [2.05, 4.69) is 17.6 Å². The summed E-state index contributed by atoms with van der Waals surface area (Å²) >= 11 is 0. The highest BCUT2D eigenvalue weighted by molar-refractivity contribution is 5.74. The van der Waals surface area contributed by atoms with Crippen LogP contribution in [0.5, 0.6) is 0 Å². The second-order valence-corrected chi connectivity index (χ2v) is 6.52. The van der Waals surface area contributed by atoms with E-state index in [4.69, 9.17) is 4.74 Å². The van der Waals surface area contributed by atoms with E-state index in [0.717, 1.165) is 32.2 Å². The quantitative estimate of drug-likeness (QED) is 0.783. The lowest BCUT2D eigenvalue weighted by atomic mass is 10.1. The van der Waals surface area contributed by atoms with Crippen LogP contribution < -0.4 is 10.6 Å². The van der Waals surface area contributed by atoms with Crippen LogP contribution in [0.1, 0.15) is 53.4 Å². The number of hydrogen-bond acceptors (Lipinski definition) is 3. The smallest absolute Gasteiger partial charge is 0.407 e. The molecule has 0 aromatic heterocycles. The fourth-order valence-corrected chi connectivity index (χ4v) is 2.24. The molecular formula is C15H29N3O3. The van der Waals surface area contributed by atoms with Crippen LogP contribution in [0.15, 0.2) is 0 Å². The predicted molar refractivity (Wildman–Crippen MR) is 82.3 cm³/mol. The zero-order valence-corrected chi connectivity index (χ0v) is 13.7. The molecule has 1 saturated heterocycles. The standard InChI is InChI=1S/C15H29N3O3/c1-5-6-9-16-13(19)18-10-7-8-12(11-18)17-14(20)21-15(2,3)4/h12H,5-11H2,1-4H3,(H,16,19)(H,17,20). The zero-order chi connectivity index (χ0) is 15.9. The number of ether oxygens (including phenoxy) is 1. The molecule has 3 amide bonds. The first-order valence-corrected chi connectivity index (χ1v) is 7.84. The molecule has 2 N–H and O–H groups in total. The maximum atomic E-state index is 12.0. The number of nitrogens with zero attached hydrogens (tertiary/aromatic N) is 1. The van der Waals surface area contributed by atoms with Crippen molar-refractivity contribution in [1.82, 2.24) is 15.5 Å². The topological polar surface area (TPSA) is 70.7 Å². The van der Waals surface area contributed by atoms with Gasteiger partial charge in [-0.25, -0.2) is 9.59 Å². The van der Waals surface area contributed by atoms with Crippen molar-refractivity contribution in [2.45, 2.75) is 65.0 Å². The Balaban J connectivity index is 2.38. The van der Waals surface area contributed by atoms with Crippen LogP contribution in [0.3, 0.4) is 0 Å². The molecule has 6 heteroatoms. The minimum atomic E-state index is -0.504. The summed E-state index contributed by atoms with van der Waals surface area (Å²) in [5.74, 6) is 0. The van der Waals surface area contributed by atoms with E-state index in [9.17, 15) is 9.59 Å². The lowest BCUT2D eigenvalue weighted by Crippen LogP contribution is -2.52. The van der Waals surface area contributed by atoms with E-state index >= 15 is 0 Å². The number of hydrogen-bond donors (Lipinski definition) is 2. The summed E-state index contributed by atoms with van der Waals surface area (Å²) < 4.78 is 5.25. The fourth-order valence-electron chi connectivity index (χ4n) is 2.24. The second-order valence-electron chi connectivity index (χ2n) is 6.52. The van der Waals surface area contributed by atoms with Crippen molar-refractivity contribution in [3.8, 4) is 0 Å². The first-order valence-electron chi connectivity index (χ1n) is 7.84. The molecule has 1 atom stereocenters.